The normalized spacial score (nSPS) is 15.9. The van der Waals surface area contributed by atoms with Crippen LogP contribution in [0.1, 0.15) is 5.69 Å². The van der Waals surface area contributed by atoms with Crippen LogP contribution in [-0.2, 0) is 14.8 Å². The lowest BCUT2D eigenvalue weighted by Crippen LogP contribution is -2.50. The summed E-state index contributed by atoms with van der Waals surface area (Å²) < 4.78 is 27.2. The first-order valence-corrected chi connectivity index (χ1v) is 11.6. The van der Waals surface area contributed by atoms with Crippen LogP contribution in [0.3, 0.4) is 0 Å². The van der Waals surface area contributed by atoms with Gasteiger partial charge in [0.15, 0.2) is 5.16 Å². The van der Waals surface area contributed by atoms with Crippen LogP contribution >= 0.6 is 34.7 Å². The van der Waals surface area contributed by atoms with E-state index >= 15 is 0 Å². The summed E-state index contributed by atoms with van der Waals surface area (Å²) in [4.78, 5) is 22.4. The van der Waals surface area contributed by atoms with Crippen molar-refractivity contribution in [1.82, 2.24) is 19.2 Å². The molecule has 1 amide bonds. The smallest absolute Gasteiger partial charge is 0.252 e. The van der Waals surface area contributed by atoms with Gasteiger partial charge in [-0.25, -0.2) is 18.4 Å². The van der Waals surface area contributed by atoms with Gasteiger partial charge >= 0.3 is 0 Å². The number of hydrogen-bond acceptors (Lipinski definition) is 8. The number of nitrogens with two attached hydrogens (primary N) is 1. The van der Waals surface area contributed by atoms with Gasteiger partial charge in [0, 0.05) is 37.9 Å². The second-order valence-electron chi connectivity index (χ2n) is 5.85. The van der Waals surface area contributed by atoms with Gasteiger partial charge in [0.2, 0.25) is 5.91 Å². The molecule has 1 saturated heterocycles. The zero-order chi connectivity index (χ0) is 19.6. The van der Waals surface area contributed by atoms with Gasteiger partial charge in [-0.15, -0.1) is 11.3 Å². The molecule has 0 aromatic carbocycles. The summed E-state index contributed by atoms with van der Waals surface area (Å²) in [5.41, 5.74) is 6.43. The van der Waals surface area contributed by atoms with Gasteiger partial charge in [0.25, 0.3) is 10.0 Å². The number of thiophene rings is 1. The zero-order valence-corrected chi connectivity index (χ0v) is 17.7. The Kier molecular flexibility index (Phi) is 6.26. The van der Waals surface area contributed by atoms with E-state index < -0.39 is 10.0 Å². The lowest BCUT2D eigenvalue weighted by molar-refractivity contribution is -0.129. The number of piperazine rings is 1. The molecular formula is C15H18ClN5O3S3. The Morgan fingerprint density at radius 2 is 2.00 bits per heavy atom. The van der Waals surface area contributed by atoms with Crippen LogP contribution in [0.15, 0.2) is 27.6 Å². The first-order valence-electron chi connectivity index (χ1n) is 8.03. The van der Waals surface area contributed by atoms with E-state index in [-0.39, 0.29) is 29.0 Å². The molecule has 2 N–H and O–H groups in total. The molecule has 0 spiro atoms. The van der Waals surface area contributed by atoms with Gasteiger partial charge < -0.3 is 10.6 Å². The van der Waals surface area contributed by atoms with Crippen molar-refractivity contribution in [2.75, 3.05) is 37.7 Å². The Balaban J connectivity index is 1.54. The summed E-state index contributed by atoms with van der Waals surface area (Å²) in [6.45, 7) is 3.00. The second kappa shape index (κ2) is 8.31. The van der Waals surface area contributed by atoms with Crippen molar-refractivity contribution in [2.45, 2.75) is 16.3 Å². The maximum atomic E-state index is 12.6. The number of nitrogens with zero attached hydrogens (tertiary/aromatic N) is 4. The Bertz CT molecular complexity index is 922. The average Bonchev–Trinajstić information content (AvgIpc) is 3.06. The van der Waals surface area contributed by atoms with E-state index in [0.29, 0.717) is 28.4 Å². The highest BCUT2D eigenvalue weighted by Gasteiger charge is 2.31. The third kappa shape index (κ3) is 4.91. The number of rotatable bonds is 5. The van der Waals surface area contributed by atoms with Gasteiger partial charge in [-0.2, -0.15) is 4.31 Å². The van der Waals surface area contributed by atoms with Crippen molar-refractivity contribution < 1.29 is 13.2 Å². The minimum Gasteiger partial charge on any atom is -0.384 e. The third-order valence-corrected chi connectivity index (χ3v) is 8.34. The Labute approximate surface area is 170 Å². The average molecular weight is 448 g/mol. The summed E-state index contributed by atoms with van der Waals surface area (Å²) in [5, 5.41) is 0.455. The summed E-state index contributed by atoms with van der Waals surface area (Å²) in [6.07, 6.45) is 0. The van der Waals surface area contributed by atoms with Crippen molar-refractivity contribution in [3.63, 3.8) is 0 Å². The second-order valence-corrected chi connectivity index (χ2v) is 10.7. The fraction of sp³-hybridized carbons (Fsp3) is 0.400. The highest BCUT2D eigenvalue weighted by atomic mass is 35.5. The van der Waals surface area contributed by atoms with Gasteiger partial charge in [0.1, 0.15) is 10.0 Å². The molecule has 1 aliphatic heterocycles. The SMILES string of the molecule is Cc1cc(N)nc(SCC(=O)N2CCN(S(=O)(=O)c3ccc(Cl)s3)CC2)n1. The number of thioether (sulfide) groups is 1. The maximum absolute atomic E-state index is 12.6. The summed E-state index contributed by atoms with van der Waals surface area (Å²) >= 11 is 8.09. The van der Waals surface area contributed by atoms with E-state index in [0.717, 1.165) is 17.0 Å². The Hall–Kier alpha value is -1.40. The van der Waals surface area contributed by atoms with Crippen molar-refractivity contribution in [3.05, 3.63) is 28.2 Å². The third-order valence-electron chi connectivity index (χ3n) is 3.91. The number of anilines is 1. The number of halogens is 1. The molecular weight excluding hydrogens is 430 g/mol. The van der Waals surface area contributed by atoms with Crippen LogP contribution in [0.4, 0.5) is 5.82 Å². The minimum absolute atomic E-state index is 0.0834. The summed E-state index contributed by atoms with van der Waals surface area (Å²) in [6, 6.07) is 4.73. The lowest BCUT2D eigenvalue weighted by atomic mass is 10.3. The molecule has 12 heteroatoms. The minimum atomic E-state index is -3.56. The standard InChI is InChI=1S/C15H18ClN5O3S3/c1-10-8-12(17)19-15(18-10)25-9-13(22)20-4-6-21(7-5-20)27(23,24)14-3-2-11(16)26-14/h2-3,8H,4-7,9H2,1H3,(H2,17,18,19). The first kappa shape index (κ1) is 20.3. The number of aryl methyl sites for hydroxylation is 1. The van der Waals surface area contributed by atoms with Crippen LogP contribution in [0.25, 0.3) is 0 Å². The largest absolute Gasteiger partial charge is 0.384 e. The number of carbonyl (C=O) groups excluding carboxylic acids is 1. The molecule has 27 heavy (non-hydrogen) atoms. The quantitative estimate of drug-likeness (QED) is 0.548. The molecule has 0 saturated carbocycles. The number of amides is 1. The monoisotopic (exact) mass is 447 g/mol. The predicted octanol–water partition coefficient (Wildman–Crippen LogP) is 1.71. The van der Waals surface area contributed by atoms with E-state index in [4.69, 9.17) is 17.3 Å². The van der Waals surface area contributed by atoms with Crippen LogP contribution in [0.5, 0.6) is 0 Å². The fourth-order valence-electron chi connectivity index (χ4n) is 2.59. The molecule has 8 nitrogen and oxygen atoms in total. The molecule has 0 atom stereocenters. The van der Waals surface area contributed by atoms with Crippen molar-refractivity contribution in [1.29, 1.82) is 0 Å². The number of carbonyl (C=O) groups is 1. The molecule has 3 heterocycles. The van der Waals surface area contributed by atoms with E-state index in [2.05, 4.69) is 9.97 Å². The number of aromatic nitrogens is 2. The van der Waals surface area contributed by atoms with E-state index in [1.807, 2.05) is 6.92 Å². The molecule has 3 rings (SSSR count). The van der Waals surface area contributed by atoms with Crippen molar-refractivity contribution in [2.24, 2.45) is 0 Å². The van der Waals surface area contributed by atoms with Crippen LogP contribution in [-0.4, -0.2) is 65.4 Å². The fourth-order valence-corrected chi connectivity index (χ4v) is 6.46. The highest BCUT2D eigenvalue weighted by molar-refractivity contribution is 7.99. The summed E-state index contributed by atoms with van der Waals surface area (Å²) in [5.74, 6) is 0.459. The van der Waals surface area contributed by atoms with Gasteiger partial charge in [-0.1, -0.05) is 23.4 Å². The molecule has 0 radical (unpaired) electrons. The first-order chi connectivity index (χ1) is 12.8. The van der Waals surface area contributed by atoms with E-state index in [9.17, 15) is 13.2 Å². The predicted molar refractivity (Wildman–Crippen MR) is 107 cm³/mol. The van der Waals surface area contributed by atoms with Crippen LogP contribution in [0, 0.1) is 6.92 Å². The van der Waals surface area contributed by atoms with Crippen molar-refractivity contribution >= 4 is 56.4 Å². The molecule has 0 aliphatic carbocycles. The Morgan fingerprint density at radius 3 is 2.59 bits per heavy atom. The van der Waals surface area contributed by atoms with Crippen molar-refractivity contribution in [3.8, 4) is 0 Å². The molecule has 0 bridgehead atoms. The molecule has 1 aliphatic rings. The van der Waals surface area contributed by atoms with E-state index in [1.54, 1.807) is 17.0 Å². The Morgan fingerprint density at radius 1 is 1.30 bits per heavy atom. The molecule has 0 unspecified atom stereocenters. The summed E-state index contributed by atoms with van der Waals surface area (Å²) in [7, 11) is -3.56. The maximum Gasteiger partial charge on any atom is 0.252 e. The number of hydrogen-bond donors (Lipinski definition) is 1. The lowest BCUT2D eigenvalue weighted by Gasteiger charge is -2.33. The molecule has 146 valence electrons. The molecule has 1 fully saturated rings. The van der Waals surface area contributed by atoms with Gasteiger partial charge in [-0.3, -0.25) is 4.79 Å². The topological polar surface area (TPSA) is 109 Å². The van der Waals surface area contributed by atoms with Crippen LogP contribution in [0.2, 0.25) is 4.34 Å². The van der Waals surface area contributed by atoms with Crippen LogP contribution < -0.4 is 5.73 Å². The van der Waals surface area contributed by atoms with E-state index in [1.165, 1.54) is 22.1 Å². The molecule has 2 aromatic rings. The number of nitrogen functional groups attached to an aromatic ring is 1. The molecule has 2 aromatic heterocycles. The van der Waals surface area contributed by atoms with Gasteiger partial charge in [0.05, 0.1) is 10.1 Å². The zero-order valence-electron chi connectivity index (χ0n) is 14.5. The highest BCUT2D eigenvalue weighted by Crippen LogP contribution is 2.28. The number of sulfonamides is 1. The van der Waals surface area contributed by atoms with Gasteiger partial charge in [-0.05, 0) is 19.1 Å².